The van der Waals surface area contributed by atoms with Gasteiger partial charge in [-0.1, -0.05) is 12.1 Å². The van der Waals surface area contributed by atoms with E-state index in [1.165, 1.54) is 4.90 Å². The van der Waals surface area contributed by atoms with Crippen molar-refractivity contribution >= 4 is 27.3 Å². The number of rotatable bonds is 3. The summed E-state index contributed by atoms with van der Waals surface area (Å²) in [5, 5.41) is 2.61. The summed E-state index contributed by atoms with van der Waals surface area (Å²) < 4.78 is 71.8. The summed E-state index contributed by atoms with van der Waals surface area (Å²) in [5.74, 6) is 0.141. The molecule has 1 amide bonds. The third kappa shape index (κ3) is 4.19. The first-order valence-electron chi connectivity index (χ1n) is 9.77. The summed E-state index contributed by atoms with van der Waals surface area (Å²) in [4.78, 5) is 16.2. The van der Waals surface area contributed by atoms with E-state index in [-0.39, 0.29) is 10.6 Å². The number of carbonyl (C=O) groups excluding carboxylic acids is 1. The number of nitrogens with one attached hydrogen (secondary N) is 2. The number of ether oxygens (including phenoxy) is 1. The number of benzene rings is 2. The van der Waals surface area contributed by atoms with E-state index in [4.69, 9.17) is 4.74 Å². The van der Waals surface area contributed by atoms with Crippen molar-refractivity contribution in [3.63, 3.8) is 0 Å². The number of carbonyl (C=O) groups is 1. The van der Waals surface area contributed by atoms with Crippen molar-refractivity contribution in [3.05, 3.63) is 48.0 Å². The minimum absolute atomic E-state index is 0.260. The van der Waals surface area contributed by atoms with Crippen molar-refractivity contribution < 1.29 is 31.1 Å². The fourth-order valence-corrected chi connectivity index (χ4v) is 5.06. The molecule has 0 spiro atoms. The van der Waals surface area contributed by atoms with E-state index in [2.05, 4.69) is 10.0 Å². The second kappa shape index (κ2) is 8.17. The van der Waals surface area contributed by atoms with E-state index in [1.807, 2.05) is 29.2 Å². The van der Waals surface area contributed by atoms with Crippen molar-refractivity contribution in [1.29, 1.82) is 0 Å². The second-order valence-corrected chi connectivity index (χ2v) is 9.07. The minimum atomic E-state index is -4.64. The number of hydrogen-bond acceptors (Lipinski definition) is 6. The molecule has 2 aliphatic heterocycles. The van der Waals surface area contributed by atoms with Gasteiger partial charge in [0.15, 0.2) is 6.17 Å². The quantitative estimate of drug-likeness (QED) is 0.714. The average molecular weight is 470 g/mol. The van der Waals surface area contributed by atoms with Gasteiger partial charge in [0.05, 0.1) is 24.0 Å². The molecule has 172 valence electrons. The van der Waals surface area contributed by atoms with Crippen LogP contribution in [-0.2, 0) is 21.0 Å². The summed E-state index contributed by atoms with van der Waals surface area (Å²) in [6.45, 7) is 1.60. The van der Waals surface area contributed by atoms with E-state index >= 15 is 0 Å². The molecule has 2 N–H and O–H groups in total. The summed E-state index contributed by atoms with van der Waals surface area (Å²) in [5.41, 5.74) is -0.380. The summed E-state index contributed by atoms with van der Waals surface area (Å²) in [6.07, 6.45) is -6.03. The molecule has 0 radical (unpaired) electrons. The first-order chi connectivity index (χ1) is 15.1. The van der Waals surface area contributed by atoms with Crippen LogP contribution >= 0.6 is 0 Å². The van der Waals surface area contributed by atoms with Crippen molar-refractivity contribution in [3.8, 4) is 5.75 Å². The number of sulfonamides is 1. The first kappa shape index (κ1) is 22.2. The van der Waals surface area contributed by atoms with Gasteiger partial charge in [-0.3, -0.25) is 4.79 Å². The van der Waals surface area contributed by atoms with Crippen LogP contribution in [-0.4, -0.2) is 58.7 Å². The van der Waals surface area contributed by atoms with Gasteiger partial charge in [0.2, 0.25) is 10.0 Å². The van der Waals surface area contributed by atoms with Gasteiger partial charge >= 0.3 is 6.18 Å². The molecule has 1 fully saturated rings. The SMILES string of the molecule is COc1ccccc1N1CCN(C(=O)[C@H]2Nc3cc(C(F)(F)F)ccc3S(=O)(=O)N2)CC1. The Morgan fingerprint density at radius 2 is 1.78 bits per heavy atom. The van der Waals surface area contributed by atoms with Crippen LogP contribution in [0.2, 0.25) is 0 Å². The van der Waals surface area contributed by atoms with E-state index in [1.54, 1.807) is 7.11 Å². The first-order valence-corrected chi connectivity index (χ1v) is 11.3. The van der Waals surface area contributed by atoms with Crippen LogP contribution in [0.5, 0.6) is 5.75 Å². The summed E-state index contributed by atoms with van der Waals surface area (Å²) >= 11 is 0. The Labute approximate surface area is 183 Å². The van der Waals surface area contributed by atoms with Gasteiger partial charge in [0.1, 0.15) is 10.6 Å². The lowest BCUT2D eigenvalue weighted by Crippen LogP contribution is -2.58. The second-order valence-electron chi connectivity index (χ2n) is 7.39. The van der Waals surface area contributed by atoms with Crippen LogP contribution in [0.3, 0.4) is 0 Å². The number of alkyl halides is 3. The molecule has 1 atom stereocenters. The van der Waals surface area contributed by atoms with Crippen LogP contribution in [0.1, 0.15) is 5.56 Å². The van der Waals surface area contributed by atoms with Gasteiger partial charge in [0.25, 0.3) is 5.91 Å². The van der Waals surface area contributed by atoms with Gasteiger partial charge in [-0.05, 0) is 30.3 Å². The number of methoxy groups -OCH3 is 1. The Morgan fingerprint density at radius 1 is 1.09 bits per heavy atom. The van der Waals surface area contributed by atoms with Gasteiger partial charge in [-0.15, -0.1) is 0 Å². The topological polar surface area (TPSA) is 91.0 Å². The molecule has 0 saturated carbocycles. The molecule has 0 aliphatic carbocycles. The Bertz CT molecular complexity index is 1130. The molecule has 0 aromatic heterocycles. The maximum atomic E-state index is 13.0. The number of amides is 1. The predicted molar refractivity (Wildman–Crippen MR) is 111 cm³/mol. The largest absolute Gasteiger partial charge is 0.495 e. The average Bonchev–Trinajstić information content (AvgIpc) is 2.77. The molecule has 2 aliphatic rings. The maximum absolute atomic E-state index is 13.0. The lowest BCUT2D eigenvalue weighted by Gasteiger charge is -2.39. The zero-order chi connectivity index (χ0) is 23.1. The van der Waals surface area contributed by atoms with Crippen molar-refractivity contribution in [2.24, 2.45) is 0 Å². The van der Waals surface area contributed by atoms with Gasteiger partial charge in [0, 0.05) is 26.2 Å². The Kier molecular flexibility index (Phi) is 5.67. The molecule has 8 nitrogen and oxygen atoms in total. The fraction of sp³-hybridized carbons (Fsp3) is 0.350. The lowest BCUT2D eigenvalue weighted by molar-refractivity contribution is -0.137. The highest BCUT2D eigenvalue weighted by Crippen LogP contribution is 2.35. The molecule has 4 rings (SSSR count). The highest BCUT2D eigenvalue weighted by molar-refractivity contribution is 7.89. The fourth-order valence-electron chi connectivity index (χ4n) is 3.81. The number of para-hydroxylation sites is 2. The Morgan fingerprint density at radius 3 is 2.44 bits per heavy atom. The van der Waals surface area contributed by atoms with E-state index in [0.717, 1.165) is 11.8 Å². The van der Waals surface area contributed by atoms with E-state index in [0.29, 0.717) is 44.1 Å². The minimum Gasteiger partial charge on any atom is -0.495 e. The number of fused-ring (bicyclic) bond motifs is 1. The van der Waals surface area contributed by atoms with Crippen LogP contribution in [0.15, 0.2) is 47.4 Å². The predicted octanol–water partition coefficient (Wildman–Crippen LogP) is 2.09. The molecule has 0 unspecified atom stereocenters. The lowest BCUT2D eigenvalue weighted by atomic mass is 10.2. The Hall–Kier alpha value is -2.99. The molecule has 2 aromatic carbocycles. The molecule has 12 heteroatoms. The standard InChI is InChI=1S/C20H21F3N4O4S/c1-31-16-5-3-2-4-15(16)26-8-10-27(11-9-26)19(28)18-24-14-12-13(20(21,22)23)6-7-17(14)32(29,30)25-18/h2-7,12,18,24-25H,8-11H2,1H3/t18-/m0/s1. The molecular formula is C20H21F3N4O4S. The smallest absolute Gasteiger partial charge is 0.416 e. The number of anilines is 2. The molecule has 1 saturated heterocycles. The van der Waals surface area contributed by atoms with Gasteiger partial charge < -0.3 is 19.9 Å². The number of hydrogen-bond donors (Lipinski definition) is 2. The molecule has 2 heterocycles. The normalized spacial score (nSPS) is 20.3. The van der Waals surface area contributed by atoms with Crippen LogP contribution in [0.4, 0.5) is 24.5 Å². The zero-order valence-corrected chi connectivity index (χ0v) is 17.8. The Balaban J connectivity index is 1.49. The van der Waals surface area contributed by atoms with Crippen LogP contribution in [0, 0.1) is 0 Å². The highest BCUT2D eigenvalue weighted by atomic mass is 32.2. The van der Waals surface area contributed by atoms with E-state index < -0.39 is 33.8 Å². The maximum Gasteiger partial charge on any atom is 0.416 e. The van der Waals surface area contributed by atoms with Crippen LogP contribution in [0.25, 0.3) is 0 Å². The molecule has 32 heavy (non-hydrogen) atoms. The number of nitrogens with zero attached hydrogens (tertiary/aromatic N) is 2. The van der Waals surface area contributed by atoms with Crippen molar-refractivity contribution in [2.75, 3.05) is 43.5 Å². The summed E-state index contributed by atoms with van der Waals surface area (Å²) in [7, 11) is -2.58. The van der Waals surface area contributed by atoms with E-state index in [9.17, 15) is 26.4 Å². The number of halogens is 3. The zero-order valence-electron chi connectivity index (χ0n) is 17.0. The third-order valence-electron chi connectivity index (χ3n) is 5.43. The van der Waals surface area contributed by atoms with Gasteiger partial charge in [-0.2, -0.15) is 17.9 Å². The highest BCUT2D eigenvalue weighted by Gasteiger charge is 2.38. The number of piperazine rings is 1. The van der Waals surface area contributed by atoms with Crippen LogP contribution < -0.4 is 19.7 Å². The van der Waals surface area contributed by atoms with Crippen molar-refractivity contribution in [2.45, 2.75) is 17.2 Å². The van der Waals surface area contributed by atoms with Crippen molar-refractivity contribution in [1.82, 2.24) is 9.62 Å². The monoisotopic (exact) mass is 470 g/mol. The summed E-state index contributed by atoms with van der Waals surface area (Å²) in [6, 6.07) is 9.74. The third-order valence-corrected chi connectivity index (χ3v) is 6.91. The molecular weight excluding hydrogens is 449 g/mol. The molecule has 0 bridgehead atoms. The van der Waals surface area contributed by atoms with Gasteiger partial charge in [-0.25, -0.2) is 8.42 Å². The molecule has 2 aromatic rings.